The molecule has 1 amide bonds. The molecule has 0 spiro atoms. The molecule has 1 aromatic heterocycles. The maximum absolute atomic E-state index is 13.2. The van der Waals surface area contributed by atoms with Crippen LogP contribution in [0.3, 0.4) is 0 Å². The average molecular weight is 301 g/mol. The minimum Gasteiger partial charge on any atom is -0.321 e. The van der Waals surface area contributed by atoms with Gasteiger partial charge in [-0.3, -0.25) is 9.78 Å². The molecule has 2 aromatic carbocycles. The van der Waals surface area contributed by atoms with E-state index >= 15 is 0 Å². The van der Waals surface area contributed by atoms with Crippen LogP contribution in [0.15, 0.2) is 54.7 Å². The maximum atomic E-state index is 13.2. The highest BCUT2D eigenvalue weighted by atomic mass is 35.5. The second kappa shape index (κ2) is 5.50. The summed E-state index contributed by atoms with van der Waals surface area (Å²) in [5.74, 6) is -0.841. The first-order valence-corrected chi connectivity index (χ1v) is 6.62. The highest BCUT2D eigenvalue weighted by Crippen LogP contribution is 2.25. The normalized spacial score (nSPS) is 10.6. The fourth-order valence-electron chi connectivity index (χ4n) is 2.05. The van der Waals surface area contributed by atoms with Crippen LogP contribution in [0.5, 0.6) is 0 Å². The number of carbonyl (C=O) groups excluding carboxylic acids is 1. The Balaban J connectivity index is 1.98. The molecule has 0 aliphatic carbocycles. The molecule has 0 saturated carbocycles. The molecule has 3 aromatic rings. The van der Waals surface area contributed by atoms with Gasteiger partial charge in [-0.1, -0.05) is 17.7 Å². The number of nitrogens with zero attached hydrogens (tertiary/aromatic N) is 1. The van der Waals surface area contributed by atoms with E-state index in [9.17, 15) is 9.18 Å². The van der Waals surface area contributed by atoms with Crippen LogP contribution in [0.25, 0.3) is 10.9 Å². The van der Waals surface area contributed by atoms with Gasteiger partial charge >= 0.3 is 0 Å². The minimum atomic E-state index is -0.453. The van der Waals surface area contributed by atoms with Crippen molar-refractivity contribution in [1.29, 1.82) is 0 Å². The number of hydrogen-bond acceptors (Lipinski definition) is 2. The predicted octanol–water partition coefficient (Wildman–Crippen LogP) is 4.28. The van der Waals surface area contributed by atoms with Crippen LogP contribution >= 0.6 is 11.6 Å². The van der Waals surface area contributed by atoms with Crippen molar-refractivity contribution in [2.45, 2.75) is 0 Å². The number of fused-ring (bicyclic) bond motifs is 1. The number of nitrogens with one attached hydrogen (secondary N) is 1. The summed E-state index contributed by atoms with van der Waals surface area (Å²) in [6.45, 7) is 0. The van der Waals surface area contributed by atoms with Crippen molar-refractivity contribution in [3.05, 3.63) is 71.1 Å². The fraction of sp³-hybridized carbons (Fsp3) is 0. The Morgan fingerprint density at radius 1 is 1.14 bits per heavy atom. The van der Waals surface area contributed by atoms with E-state index in [1.165, 1.54) is 18.2 Å². The van der Waals surface area contributed by atoms with Crippen LogP contribution in [0, 0.1) is 5.82 Å². The second-order valence-corrected chi connectivity index (χ2v) is 4.92. The standard InChI is InChI=1S/C16H10ClFN2O/c17-11-4-5-14-13(9-11)15(6-7-19-14)20-16(21)10-2-1-3-12(18)8-10/h1-9H,(H,19,20,21). The molecule has 0 aliphatic rings. The molecule has 0 aliphatic heterocycles. The SMILES string of the molecule is O=C(Nc1ccnc2ccc(Cl)cc12)c1cccc(F)c1. The summed E-state index contributed by atoms with van der Waals surface area (Å²) in [6.07, 6.45) is 1.59. The van der Waals surface area contributed by atoms with Gasteiger partial charge in [0.25, 0.3) is 5.91 Å². The predicted molar refractivity (Wildman–Crippen MR) is 81.1 cm³/mol. The lowest BCUT2D eigenvalue weighted by Crippen LogP contribution is -2.12. The van der Waals surface area contributed by atoms with Gasteiger partial charge in [-0.15, -0.1) is 0 Å². The van der Waals surface area contributed by atoms with Crippen LogP contribution in [-0.2, 0) is 0 Å². The van der Waals surface area contributed by atoms with Crippen molar-refractivity contribution < 1.29 is 9.18 Å². The highest BCUT2D eigenvalue weighted by molar-refractivity contribution is 6.31. The van der Waals surface area contributed by atoms with Crippen molar-refractivity contribution in [1.82, 2.24) is 4.98 Å². The van der Waals surface area contributed by atoms with Crippen LogP contribution < -0.4 is 5.32 Å². The monoisotopic (exact) mass is 300 g/mol. The molecule has 104 valence electrons. The first-order valence-electron chi connectivity index (χ1n) is 6.25. The molecule has 0 bridgehead atoms. The van der Waals surface area contributed by atoms with E-state index in [1.54, 1.807) is 36.5 Å². The summed E-state index contributed by atoms with van der Waals surface area (Å²) >= 11 is 5.97. The Hall–Kier alpha value is -2.46. The molecule has 0 unspecified atom stereocenters. The Morgan fingerprint density at radius 3 is 2.81 bits per heavy atom. The van der Waals surface area contributed by atoms with Gasteiger partial charge in [-0.25, -0.2) is 4.39 Å². The molecule has 1 heterocycles. The summed E-state index contributed by atoms with van der Waals surface area (Å²) in [5.41, 5.74) is 1.55. The smallest absolute Gasteiger partial charge is 0.255 e. The van der Waals surface area contributed by atoms with Crippen LogP contribution in [0.4, 0.5) is 10.1 Å². The zero-order chi connectivity index (χ0) is 14.8. The zero-order valence-corrected chi connectivity index (χ0v) is 11.6. The van der Waals surface area contributed by atoms with Crippen LogP contribution in [0.2, 0.25) is 5.02 Å². The Morgan fingerprint density at radius 2 is 2.00 bits per heavy atom. The largest absolute Gasteiger partial charge is 0.321 e. The number of anilines is 1. The van der Waals surface area contributed by atoms with E-state index in [0.717, 1.165) is 10.9 Å². The summed E-state index contributed by atoms with van der Waals surface area (Å²) in [4.78, 5) is 16.4. The van der Waals surface area contributed by atoms with Crippen molar-refractivity contribution in [3.8, 4) is 0 Å². The third-order valence-electron chi connectivity index (χ3n) is 3.04. The van der Waals surface area contributed by atoms with Crippen LogP contribution in [0.1, 0.15) is 10.4 Å². The van der Waals surface area contributed by atoms with Crippen LogP contribution in [-0.4, -0.2) is 10.9 Å². The molecule has 0 fully saturated rings. The first-order chi connectivity index (χ1) is 10.1. The van der Waals surface area contributed by atoms with Gasteiger partial charge in [0, 0.05) is 22.2 Å². The maximum Gasteiger partial charge on any atom is 0.255 e. The van der Waals surface area contributed by atoms with E-state index in [-0.39, 0.29) is 11.5 Å². The number of aromatic nitrogens is 1. The van der Waals surface area contributed by atoms with Gasteiger partial charge in [0.2, 0.25) is 0 Å². The molecule has 0 radical (unpaired) electrons. The van der Waals surface area contributed by atoms with Gasteiger partial charge in [0.15, 0.2) is 0 Å². The molecule has 3 rings (SSSR count). The van der Waals surface area contributed by atoms with E-state index in [0.29, 0.717) is 10.7 Å². The fourth-order valence-corrected chi connectivity index (χ4v) is 2.22. The number of hydrogen-bond donors (Lipinski definition) is 1. The van der Waals surface area contributed by atoms with Gasteiger partial charge in [0.1, 0.15) is 5.82 Å². The summed E-state index contributed by atoms with van der Waals surface area (Å²) < 4.78 is 13.2. The van der Waals surface area contributed by atoms with E-state index in [2.05, 4.69) is 10.3 Å². The lowest BCUT2D eigenvalue weighted by Gasteiger charge is -2.08. The van der Waals surface area contributed by atoms with E-state index in [1.807, 2.05) is 0 Å². The van der Waals surface area contributed by atoms with Crippen molar-refractivity contribution >= 4 is 34.1 Å². The number of amides is 1. The molecule has 3 nitrogen and oxygen atoms in total. The van der Waals surface area contributed by atoms with Gasteiger partial charge in [-0.05, 0) is 42.5 Å². The Bertz CT molecular complexity index is 835. The second-order valence-electron chi connectivity index (χ2n) is 4.48. The van der Waals surface area contributed by atoms with Crippen molar-refractivity contribution in [3.63, 3.8) is 0 Å². The Labute approximate surface area is 125 Å². The van der Waals surface area contributed by atoms with Gasteiger partial charge < -0.3 is 5.32 Å². The molecule has 21 heavy (non-hydrogen) atoms. The third-order valence-corrected chi connectivity index (χ3v) is 3.27. The summed E-state index contributed by atoms with van der Waals surface area (Å²) in [6, 6.07) is 12.4. The zero-order valence-electron chi connectivity index (χ0n) is 10.8. The van der Waals surface area contributed by atoms with Gasteiger partial charge in [0.05, 0.1) is 11.2 Å². The van der Waals surface area contributed by atoms with Crippen molar-refractivity contribution in [2.75, 3.05) is 5.32 Å². The van der Waals surface area contributed by atoms with E-state index in [4.69, 9.17) is 11.6 Å². The quantitative estimate of drug-likeness (QED) is 0.767. The summed E-state index contributed by atoms with van der Waals surface area (Å²) in [7, 11) is 0. The number of halogens is 2. The lowest BCUT2D eigenvalue weighted by atomic mass is 10.1. The van der Waals surface area contributed by atoms with Gasteiger partial charge in [-0.2, -0.15) is 0 Å². The molecule has 0 saturated heterocycles. The van der Waals surface area contributed by atoms with E-state index < -0.39 is 5.82 Å². The topological polar surface area (TPSA) is 42.0 Å². The molecule has 5 heteroatoms. The Kier molecular flexibility index (Phi) is 3.54. The number of benzene rings is 2. The average Bonchev–Trinajstić information content (AvgIpc) is 2.48. The third kappa shape index (κ3) is 2.85. The number of carbonyl (C=O) groups is 1. The number of rotatable bonds is 2. The highest BCUT2D eigenvalue weighted by Gasteiger charge is 2.09. The lowest BCUT2D eigenvalue weighted by molar-refractivity contribution is 0.102. The minimum absolute atomic E-state index is 0.252. The van der Waals surface area contributed by atoms with Crippen molar-refractivity contribution in [2.24, 2.45) is 0 Å². The summed E-state index contributed by atoms with van der Waals surface area (Å²) in [5, 5.41) is 4.04. The first kappa shape index (κ1) is 13.5. The molecule has 0 atom stereocenters. The molecular weight excluding hydrogens is 291 g/mol. The molecule has 1 N–H and O–H groups in total. The number of pyridine rings is 1. The molecular formula is C16H10ClFN2O.